The van der Waals surface area contributed by atoms with Crippen LogP contribution in [0.15, 0.2) is 0 Å². The molecule has 0 aromatic heterocycles. The third-order valence-corrected chi connectivity index (χ3v) is 4.16. The van der Waals surface area contributed by atoms with Gasteiger partial charge in [0.15, 0.2) is 0 Å². The van der Waals surface area contributed by atoms with E-state index in [1.165, 1.54) is 32.1 Å². The van der Waals surface area contributed by atoms with Crippen LogP contribution < -0.4 is 5.32 Å². The Bertz CT molecular complexity index is 139. The summed E-state index contributed by atoms with van der Waals surface area (Å²) in [4.78, 5) is 0. The number of hydrogen-bond donors (Lipinski definition) is 1. The summed E-state index contributed by atoms with van der Waals surface area (Å²) >= 11 is 0. The van der Waals surface area contributed by atoms with Gasteiger partial charge in [0.2, 0.25) is 0 Å². The van der Waals surface area contributed by atoms with Gasteiger partial charge in [0.1, 0.15) is 0 Å². The molecule has 1 saturated carbocycles. The fourth-order valence-electron chi connectivity index (χ4n) is 2.94. The second-order valence-corrected chi connectivity index (χ2v) is 5.22. The van der Waals surface area contributed by atoms with Crippen molar-refractivity contribution in [2.45, 2.75) is 58.9 Å². The first-order valence-corrected chi connectivity index (χ1v) is 6.36. The van der Waals surface area contributed by atoms with Gasteiger partial charge in [-0.05, 0) is 50.5 Å². The summed E-state index contributed by atoms with van der Waals surface area (Å²) in [6.45, 7) is 7.10. The van der Waals surface area contributed by atoms with Gasteiger partial charge in [-0.15, -0.1) is 0 Å². The molecule has 84 valence electrons. The zero-order valence-corrected chi connectivity index (χ0v) is 10.3. The lowest BCUT2D eigenvalue weighted by Crippen LogP contribution is -2.32. The lowest BCUT2D eigenvalue weighted by molar-refractivity contribution is 0.332. The molecule has 0 amide bonds. The van der Waals surface area contributed by atoms with Crippen LogP contribution in [0, 0.1) is 17.8 Å². The summed E-state index contributed by atoms with van der Waals surface area (Å²) in [5.41, 5.74) is 0. The maximum Gasteiger partial charge on any atom is 0.00923 e. The quantitative estimate of drug-likeness (QED) is 0.683. The molecule has 0 radical (unpaired) electrons. The monoisotopic (exact) mass is 197 g/mol. The first kappa shape index (κ1) is 12.0. The van der Waals surface area contributed by atoms with Crippen LogP contribution in [0.1, 0.15) is 52.9 Å². The molecular weight excluding hydrogens is 170 g/mol. The van der Waals surface area contributed by atoms with Gasteiger partial charge in [-0.1, -0.05) is 27.2 Å². The average molecular weight is 197 g/mol. The molecule has 0 spiro atoms. The summed E-state index contributed by atoms with van der Waals surface area (Å²) in [6.07, 6.45) is 7.05. The van der Waals surface area contributed by atoms with Gasteiger partial charge >= 0.3 is 0 Å². The van der Waals surface area contributed by atoms with Crippen molar-refractivity contribution in [3.8, 4) is 0 Å². The maximum absolute atomic E-state index is 3.50. The minimum Gasteiger partial charge on any atom is -0.317 e. The Morgan fingerprint density at radius 1 is 1.14 bits per heavy atom. The highest BCUT2D eigenvalue weighted by Crippen LogP contribution is 2.32. The Morgan fingerprint density at radius 3 is 2.29 bits per heavy atom. The summed E-state index contributed by atoms with van der Waals surface area (Å²) in [7, 11) is 2.13. The van der Waals surface area contributed by atoms with Crippen LogP contribution in [0.2, 0.25) is 0 Å². The average Bonchev–Trinajstić information content (AvgIpc) is 2.38. The molecule has 1 heteroatoms. The van der Waals surface area contributed by atoms with Gasteiger partial charge in [0.05, 0.1) is 0 Å². The second kappa shape index (κ2) is 5.75. The molecule has 0 aromatic rings. The van der Waals surface area contributed by atoms with E-state index in [2.05, 4.69) is 33.1 Å². The van der Waals surface area contributed by atoms with Crippen molar-refractivity contribution in [2.75, 3.05) is 7.05 Å². The van der Waals surface area contributed by atoms with Crippen LogP contribution in [0.4, 0.5) is 0 Å². The molecule has 1 N–H and O–H groups in total. The fraction of sp³-hybridized carbons (Fsp3) is 1.00. The minimum atomic E-state index is 0.781. The van der Waals surface area contributed by atoms with E-state index in [-0.39, 0.29) is 0 Å². The Hall–Kier alpha value is -0.0400. The number of rotatable bonds is 3. The van der Waals surface area contributed by atoms with E-state index in [0.29, 0.717) is 0 Å². The van der Waals surface area contributed by atoms with Gasteiger partial charge in [0, 0.05) is 6.04 Å². The minimum absolute atomic E-state index is 0.781. The van der Waals surface area contributed by atoms with Crippen molar-refractivity contribution >= 4 is 0 Å². The standard InChI is InChI=1S/C13H27N/c1-5-11-6-7-12(10(2)3)8-9-13(11)14-4/h10-14H,5-9H2,1-4H3. The lowest BCUT2D eigenvalue weighted by atomic mass is 9.88. The molecule has 1 aliphatic rings. The predicted octanol–water partition coefficient (Wildman–Crippen LogP) is 3.45. The third-order valence-electron chi connectivity index (χ3n) is 4.16. The van der Waals surface area contributed by atoms with Crippen LogP contribution >= 0.6 is 0 Å². The van der Waals surface area contributed by atoms with Gasteiger partial charge < -0.3 is 5.32 Å². The van der Waals surface area contributed by atoms with Gasteiger partial charge in [-0.3, -0.25) is 0 Å². The van der Waals surface area contributed by atoms with Crippen LogP contribution in [0.3, 0.4) is 0 Å². The van der Waals surface area contributed by atoms with E-state index < -0.39 is 0 Å². The summed E-state index contributed by atoms with van der Waals surface area (Å²) in [6, 6.07) is 0.781. The fourth-order valence-corrected chi connectivity index (χ4v) is 2.94. The molecule has 1 nitrogen and oxygen atoms in total. The lowest BCUT2D eigenvalue weighted by Gasteiger charge is -2.22. The molecule has 14 heavy (non-hydrogen) atoms. The van der Waals surface area contributed by atoms with E-state index in [1.54, 1.807) is 0 Å². The molecule has 0 bridgehead atoms. The van der Waals surface area contributed by atoms with E-state index in [0.717, 1.165) is 23.8 Å². The summed E-state index contributed by atoms with van der Waals surface area (Å²) < 4.78 is 0. The van der Waals surface area contributed by atoms with Crippen LogP contribution in [-0.2, 0) is 0 Å². The van der Waals surface area contributed by atoms with Crippen LogP contribution in [0.5, 0.6) is 0 Å². The predicted molar refractivity (Wildman–Crippen MR) is 63.4 cm³/mol. The van der Waals surface area contributed by atoms with Crippen molar-refractivity contribution in [2.24, 2.45) is 17.8 Å². The molecule has 3 atom stereocenters. The maximum atomic E-state index is 3.50. The second-order valence-electron chi connectivity index (χ2n) is 5.22. The van der Waals surface area contributed by atoms with Gasteiger partial charge in [-0.2, -0.15) is 0 Å². The highest BCUT2D eigenvalue weighted by Gasteiger charge is 2.26. The SMILES string of the molecule is CCC1CCC(C(C)C)CCC1NC. The van der Waals surface area contributed by atoms with E-state index in [9.17, 15) is 0 Å². The first-order valence-electron chi connectivity index (χ1n) is 6.36. The molecule has 0 saturated heterocycles. The van der Waals surface area contributed by atoms with Gasteiger partial charge in [-0.25, -0.2) is 0 Å². The molecular formula is C13H27N. The molecule has 0 heterocycles. The smallest absolute Gasteiger partial charge is 0.00923 e. The Labute approximate surface area is 89.7 Å². The van der Waals surface area contributed by atoms with Crippen molar-refractivity contribution in [1.29, 1.82) is 0 Å². The Kier molecular flexibility index (Phi) is 4.94. The highest BCUT2D eigenvalue weighted by atomic mass is 14.9. The zero-order chi connectivity index (χ0) is 10.6. The molecule has 1 rings (SSSR count). The van der Waals surface area contributed by atoms with Crippen LogP contribution in [-0.4, -0.2) is 13.1 Å². The van der Waals surface area contributed by atoms with Crippen molar-refractivity contribution in [3.63, 3.8) is 0 Å². The molecule has 1 fully saturated rings. The van der Waals surface area contributed by atoms with Gasteiger partial charge in [0.25, 0.3) is 0 Å². The Morgan fingerprint density at radius 2 is 1.79 bits per heavy atom. The topological polar surface area (TPSA) is 12.0 Å². The normalized spacial score (nSPS) is 34.5. The molecule has 0 aliphatic heterocycles. The number of nitrogens with one attached hydrogen (secondary N) is 1. The highest BCUT2D eigenvalue weighted by molar-refractivity contribution is 4.81. The molecule has 0 aromatic carbocycles. The molecule has 3 unspecified atom stereocenters. The summed E-state index contributed by atoms with van der Waals surface area (Å²) in [5, 5.41) is 3.50. The van der Waals surface area contributed by atoms with E-state index in [4.69, 9.17) is 0 Å². The largest absolute Gasteiger partial charge is 0.317 e. The van der Waals surface area contributed by atoms with Crippen molar-refractivity contribution < 1.29 is 0 Å². The number of hydrogen-bond acceptors (Lipinski definition) is 1. The Balaban J connectivity index is 2.51. The summed E-state index contributed by atoms with van der Waals surface area (Å²) in [5.74, 6) is 2.77. The first-order chi connectivity index (χ1) is 6.69. The zero-order valence-electron chi connectivity index (χ0n) is 10.3. The van der Waals surface area contributed by atoms with E-state index in [1.807, 2.05) is 0 Å². The van der Waals surface area contributed by atoms with E-state index >= 15 is 0 Å². The van der Waals surface area contributed by atoms with Crippen molar-refractivity contribution in [1.82, 2.24) is 5.32 Å². The van der Waals surface area contributed by atoms with Crippen LogP contribution in [0.25, 0.3) is 0 Å². The molecule has 1 aliphatic carbocycles. The van der Waals surface area contributed by atoms with Crippen molar-refractivity contribution in [3.05, 3.63) is 0 Å². The third kappa shape index (κ3) is 2.98.